The molecule has 0 fully saturated rings. The largest absolute Gasteiger partial charge is 0.462 e. The van der Waals surface area contributed by atoms with E-state index in [2.05, 4.69) is 0 Å². The molecule has 2 rings (SSSR count). The quantitative estimate of drug-likeness (QED) is 0.368. The standard InChI is InChI=1S/C22H21NO5S/c1-4-27-21(25)19-14(3)20(22(26)28-5-2)29-18(19)12-17(24)16(13-23)11-15-9-7-6-8-10-15/h6-11H,4-5,12H2,1-3H3. The number of carbonyl (C=O) groups is 3. The van der Waals surface area contributed by atoms with Gasteiger partial charge in [-0.1, -0.05) is 30.3 Å². The van der Waals surface area contributed by atoms with Crippen molar-refractivity contribution >= 4 is 35.1 Å². The van der Waals surface area contributed by atoms with Gasteiger partial charge in [-0.05, 0) is 38.0 Å². The fourth-order valence-electron chi connectivity index (χ4n) is 2.69. The van der Waals surface area contributed by atoms with Gasteiger partial charge in [-0.3, -0.25) is 4.79 Å². The monoisotopic (exact) mass is 411 g/mol. The van der Waals surface area contributed by atoms with Crippen LogP contribution >= 0.6 is 11.3 Å². The SMILES string of the molecule is CCOC(=O)c1sc(CC(=O)C(C#N)=Cc2ccccc2)c(C(=O)OCC)c1C. The molecule has 0 radical (unpaired) electrons. The van der Waals surface area contributed by atoms with Crippen LogP contribution < -0.4 is 0 Å². The fraction of sp³-hybridized carbons (Fsp3) is 0.273. The Hall–Kier alpha value is -3.24. The zero-order valence-corrected chi connectivity index (χ0v) is 17.3. The first-order valence-electron chi connectivity index (χ1n) is 9.09. The highest BCUT2D eigenvalue weighted by Crippen LogP contribution is 2.31. The molecule has 0 bridgehead atoms. The molecule has 0 N–H and O–H groups in total. The maximum Gasteiger partial charge on any atom is 0.348 e. The number of nitrogens with zero attached hydrogens (tertiary/aromatic N) is 1. The van der Waals surface area contributed by atoms with Crippen molar-refractivity contribution in [1.82, 2.24) is 0 Å². The number of thiophene rings is 1. The lowest BCUT2D eigenvalue weighted by atomic mass is 10.0. The molecule has 0 saturated carbocycles. The first-order chi connectivity index (χ1) is 13.9. The first kappa shape index (κ1) is 22.1. The number of hydrogen-bond acceptors (Lipinski definition) is 7. The van der Waals surface area contributed by atoms with Gasteiger partial charge in [0.05, 0.1) is 24.4 Å². The minimum atomic E-state index is -0.606. The molecule has 0 aliphatic carbocycles. The fourth-order valence-corrected chi connectivity index (χ4v) is 3.88. The minimum absolute atomic E-state index is 0.0326. The summed E-state index contributed by atoms with van der Waals surface area (Å²) < 4.78 is 10.1. The normalized spacial score (nSPS) is 10.9. The number of Topliss-reactive ketones (excluding diaryl/α,β-unsaturated/α-hetero) is 1. The van der Waals surface area contributed by atoms with Crippen molar-refractivity contribution in [3.05, 3.63) is 62.3 Å². The Bertz CT molecular complexity index is 983. The lowest BCUT2D eigenvalue weighted by Gasteiger charge is -2.05. The third kappa shape index (κ3) is 5.39. The van der Waals surface area contributed by atoms with Crippen LogP contribution in [-0.4, -0.2) is 30.9 Å². The molecule has 1 aromatic carbocycles. The molecule has 7 heteroatoms. The molecule has 1 aromatic heterocycles. The van der Waals surface area contributed by atoms with E-state index in [9.17, 15) is 19.6 Å². The molecule has 0 aliphatic heterocycles. The van der Waals surface area contributed by atoms with Crippen LogP contribution in [0.1, 0.15) is 49.9 Å². The summed E-state index contributed by atoms with van der Waals surface area (Å²) >= 11 is 1.02. The van der Waals surface area contributed by atoms with Crippen LogP contribution in [0.4, 0.5) is 0 Å². The van der Waals surface area contributed by atoms with Gasteiger partial charge in [-0.15, -0.1) is 11.3 Å². The van der Waals surface area contributed by atoms with E-state index in [1.807, 2.05) is 12.1 Å². The second-order valence-corrected chi connectivity index (χ2v) is 7.08. The second kappa shape index (κ2) is 10.3. The molecule has 6 nitrogen and oxygen atoms in total. The predicted octanol–water partition coefficient (Wildman–Crippen LogP) is 4.13. The molecule has 0 saturated heterocycles. The lowest BCUT2D eigenvalue weighted by molar-refractivity contribution is -0.114. The van der Waals surface area contributed by atoms with Crippen molar-refractivity contribution in [3.8, 4) is 6.07 Å². The summed E-state index contributed by atoms with van der Waals surface area (Å²) in [7, 11) is 0. The smallest absolute Gasteiger partial charge is 0.348 e. The van der Waals surface area contributed by atoms with Crippen molar-refractivity contribution in [2.24, 2.45) is 0 Å². The van der Waals surface area contributed by atoms with Crippen molar-refractivity contribution in [2.75, 3.05) is 13.2 Å². The van der Waals surface area contributed by atoms with E-state index in [0.29, 0.717) is 10.4 Å². The van der Waals surface area contributed by atoms with E-state index in [1.165, 1.54) is 6.08 Å². The van der Waals surface area contributed by atoms with Gasteiger partial charge in [-0.2, -0.15) is 5.26 Å². The first-order valence-corrected chi connectivity index (χ1v) is 9.91. The van der Waals surface area contributed by atoms with Crippen LogP contribution in [0.3, 0.4) is 0 Å². The van der Waals surface area contributed by atoms with Gasteiger partial charge in [0.25, 0.3) is 0 Å². The molecule has 0 spiro atoms. The average molecular weight is 411 g/mol. The van der Waals surface area contributed by atoms with Crippen LogP contribution in [0.25, 0.3) is 6.08 Å². The van der Waals surface area contributed by atoms with Crippen LogP contribution in [0.5, 0.6) is 0 Å². The summed E-state index contributed by atoms with van der Waals surface area (Å²) in [6, 6.07) is 10.9. The van der Waals surface area contributed by atoms with Crippen LogP contribution in [0.2, 0.25) is 0 Å². The van der Waals surface area contributed by atoms with Gasteiger partial charge in [0.15, 0.2) is 5.78 Å². The highest BCUT2D eigenvalue weighted by Gasteiger charge is 2.27. The third-order valence-corrected chi connectivity index (χ3v) is 5.28. The van der Waals surface area contributed by atoms with E-state index in [0.717, 1.165) is 16.9 Å². The Morgan fingerprint density at radius 2 is 1.69 bits per heavy atom. The van der Waals surface area contributed by atoms with Crippen molar-refractivity contribution in [2.45, 2.75) is 27.2 Å². The zero-order chi connectivity index (χ0) is 21.4. The Labute approximate surface area is 173 Å². The number of hydrogen-bond donors (Lipinski definition) is 0. The maximum atomic E-state index is 12.7. The summed E-state index contributed by atoms with van der Waals surface area (Å²) in [6.45, 7) is 5.33. The molecule has 150 valence electrons. The molecule has 0 amide bonds. The molecular formula is C22H21NO5S. The van der Waals surface area contributed by atoms with Crippen molar-refractivity contribution in [3.63, 3.8) is 0 Å². The molecule has 0 atom stereocenters. The number of benzene rings is 1. The van der Waals surface area contributed by atoms with Gasteiger partial charge in [0.2, 0.25) is 0 Å². The summed E-state index contributed by atoms with van der Waals surface area (Å²) in [4.78, 5) is 38.0. The zero-order valence-electron chi connectivity index (χ0n) is 16.5. The third-order valence-electron chi connectivity index (χ3n) is 4.01. The highest BCUT2D eigenvalue weighted by molar-refractivity contribution is 7.14. The van der Waals surface area contributed by atoms with Crippen molar-refractivity contribution < 1.29 is 23.9 Å². The Morgan fingerprint density at radius 3 is 2.28 bits per heavy atom. The maximum absolute atomic E-state index is 12.7. The Morgan fingerprint density at radius 1 is 1.07 bits per heavy atom. The van der Waals surface area contributed by atoms with E-state index in [-0.39, 0.29) is 35.6 Å². The number of ether oxygens (including phenoxy) is 2. The number of rotatable bonds is 8. The van der Waals surface area contributed by atoms with Gasteiger partial charge in [0.1, 0.15) is 10.9 Å². The van der Waals surface area contributed by atoms with Gasteiger partial charge >= 0.3 is 11.9 Å². The molecule has 2 aromatic rings. The molecule has 1 heterocycles. The topological polar surface area (TPSA) is 93.5 Å². The van der Waals surface area contributed by atoms with E-state index in [4.69, 9.17) is 9.47 Å². The highest BCUT2D eigenvalue weighted by atomic mass is 32.1. The van der Waals surface area contributed by atoms with Gasteiger partial charge < -0.3 is 9.47 Å². The van der Waals surface area contributed by atoms with E-state index in [1.54, 1.807) is 45.0 Å². The predicted molar refractivity (Wildman–Crippen MR) is 110 cm³/mol. The van der Waals surface area contributed by atoms with Gasteiger partial charge in [-0.25, -0.2) is 9.59 Å². The van der Waals surface area contributed by atoms with Gasteiger partial charge in [0, 0.05) is 11.3 Å². The molecular weight excluding hydrogens is 390 g/mol. The molecule has 0 unspecified atom stereocenters. The summed E-state index contributed by atoms with van der Waals surface area (Å²) in [5, 5.41) is 9.42. The summed E-state index contributed by atoms with van der Waals surface area (Å²) in [6.07, 6.45) is 1.31. The lowest BCUT2D eigenvalue weighted by Crippen LogP contribution is -2.12. The van der Waals surface area contributed by atoms with Crippen LogP contribution in [0.15, 0.2) is 35.9 Å². The Balaban J connectivity index is 2.42. The second-order valence-electron chi connectivity index (χ2n) is 5.98. The molecule has 29 heavy (non-hydrogen) atoms. The van der Waals surface area contributed by atoms with Crippen molar-refractivity contribution in [1.29, 1.82) is 5.26 Å². The number of esters is 2. The summed E-state index contributed by atoms with van der Waals surface area (Å²) in [5.74, 6) is -1.61. The average Bonchev–Trinajstić information content (AvgIpc) is 3.03. The minimum Gasteiger partial charge on any atom is -0.462 e. The Kier molecular flexibility index (Phi) is 7.87. The number of allylic oxidation sites excluding steroid dienone is 1. The van der Waals surface area contributed by atoms with E-state index >= 15 is 0 Å². The number of ketones is 1. The summed E-state index contributed by atoms with van der Waals surface area (Å²) in [5.41, 5.74) is 1.29. The van der Waals surface area contributed by atoms with Crippen LogP contribution in [-0.2, 0) is 20.7 Å². The number of nitriles is 1. The molecule has 0 aliphatic rings. The van der Waals surface area contributed by atoms with E-state index < -0.39 is 17.7 Å². The van der Waals surface area contributed by atoms with Crippen LogP contribution in [0, 0.1) is 18.3 Å². The number of carbonyl (C=O) groups excluding carboxylic acids is 3.